The molecule has 0 aromatic heterocycles. The number of hydrogen-bond acceptors (Lipinski definition) is 6. The molecule has 5 unspecified atom stereocenters. The molecule has 0 saturated carbocycles. The van der Waals surface area contributed by atoms with Crippen LogP contribution in [0.5, 0.6) is 0 Å². The van der Waals surface area contributed by atoms with Crippen molar-refractivity contribution in [2.75, 3.05) is 0 Å². The maximum Gasteiger partial charge on any atom is 0.338 e. The maximum absolute atomic E-state index is 12.0. The first kappa shape index (κ1) is 16.3. The van der Waals surface area contributed by atoms with Crippen molar-refractivity contribution in [3.63, 3.8) is 0 Å². The smallest absolute Gasteiger partial charge is 0.338 e. The van der Waals surface area contributed by atoms with E-state index in [0.29, 0.717) is 5.57 Å². The Morgan fingerprint density at radius 3 is 2.80 bits per heavy atom. The second-order valence-electron chi connectivity index (χ2n) is 6.34. The Morgan fingerprint density at radius 2 is 2.00 bits per heavy atom. The highest BCUT2D eigenvalue weighted by atomic mass is 32.2. The quantitative estimate of drug-likeness (QED) is 0.357. The number of benzene rings is 1. The fraction of sp³-hybridized carbons (Fsp3) is 0.368. The number of esters is 2. The highest BCUT2D eigenvalue weighted by Gasteiger charge is 2.45. The minimum atomic E-state index is -0.721. The van der Waals surface area contributed by atoms with E-state index in [2.05, 4.69) is 0 Å². The fourth-order valence-electron chi connectivity index (χ4n) is 3.25. The molecule has 4 rings (SSSR count). The molecular weight excluding hydrogens is 340 g/mol. The summed E-state index contributed by atoms with van der Waals surface area (Å²) in [7, 11) is 0. The number of cyclic esters (lactones) is 1. The first-order chi connectivity index (χ1) is 12.1. The second-order valence-corrected chi connectivity index (χ2v) is 7.59. The van der Waals surface area contributed by atoms with E-state index in [0.717, 1.165) is 11.3 Å². The van der Waals surface area contributed by atoms with Crippen LogP contribution in [0.25, 0.3) is 0 Å². The van der Waals surface area contributed by atoms with Crippen LogP contribution in [0.15, 0.2) is 59.2 Å². The van der Waals surface area contributed by atoms with Gasteiger partial charge in [0.05, 0.1) is 23.0 Å². The van der Waals surface area contributed by atoms with Crippen LogP contribution in [0, 0.1) is 11.8 Å². The van der Waals surface area contributed by atoms with E-state index < -0.39 is 6.29 Å². The predicted octanol–water partition coefficient (Wildman–Crippen LogP) is 3.07. The molecule has 2 fully saturated rings. The van der Waals surface area contributed by atoms with Crippen LogP contribution >= 0.6 is 11.8 Å². The van der Waals surface area contributed by atoms with Gasteiger partial charge in [0, 0.05) is 10.8 Å². The van der Waals surface area contributed by atoms with E-state index in [1.165, 1.54) is 6.26 Å². The summed E-state index contributed by atoms with van der Waals surface area (Å²) >= 11 is 1.55. The summed E-state index contributed by atoms with van der Waals surface area (Å²) in [5.74, 6) is -0.928. The summed E-state index contributed by atoms with van der Waals surface area (Å²) < 4.78 is 16.4. The maximum atomic E-state index is 12.0. The summed E-state index contributed by atoms with van der Waals surface area (Å²) in [5.41, 5.74) is 0.508. The third-order valence-electron chi connectivity index (χ3n) is 4.70. The Kier molecular flexibility index (Phi) is 4.29. The molecule has 1 aromatic rings. The Morgan fingerprint density at radius 1 is 1.20 bits per heavy atom. The van der Waals surface area contributed by atoms with Crippen LogP contribution < -0.4 is 0 Å². The van der Waals surface area contributed by atoms with Crippen molar-refractivity contribution in [1.29, 1.82) is 0 Å². The number of fused-ring (bicyclic) bond motifs is 1. The molecule has 6 heteroatoms. The van der Waals surface area contributed by atoms with Crippen LogP contribution in [-0.4, -0.2) is 29.6 Å². The van der Waals surface area contributed by atoms with Crippen molar-refractivity contribution in [3.05, 3.63) is 54.3 Å². The highest BCUT2D eigenvalue weighted by Crippen LogP contribution is 2.39. The fourth-order valence-corrected chi connectivity index (χ4v) is 4.42. The van der Waals surface area contributed by atoms with Crippen LogP contribution in [0.1, 0.15) is 13.3 Å². The van der Waals surface area contributed by atoms with Crippen LogP contribution in [0.2, 0.25) is 0 Å². The number of thioether (sulfide) groups is 1. The van der Waals surface area contributed by atoms with Crippen molar-refractivity contribution in [1.82, 2.24) is 0 Å². The molecule has 130 valence electrons. The zero-order valence-corrected chi connectivity index (χ0v) is 14.5. The summed E-state index contributed by atoms with van der Waals surface area (Å²) in [6, 6.07) is 9.81. The molecule has 0 radical (unpaired) electrons. The predicted molar refractivity (Wildman–Crippen MR) is 91.4 cm³/mol. The zero-order valence-electron chi connectivity index (χ0n) is 13.7. The lowest BCUT2D eigenvalue weighted by Gasteiger charge is -2.18. The number of rotatable bonds is 4. The standard InChI is InChI=1S/C19H18O5S/c1-11-16(25-12-6-3-2-4-7-12)19(24-17(11)20)22-10-14-13-8-5-9-15(13)23-18(14)21/h2-7,9-11,13,15-16,19H,8H2,1H3/b14-10-. The van der Waals surface area contributed by atoms with Crippen molar-refractivity contribution in [2.24, 2.45) is 11.8 Å². The van der Waals surface area contributed by atoms with E-state index in [9.17, 15) is 9.59 Å². The van der Waals surface area contributed by atoms with Crippen molar-refractivity contribution in [2.45, 2.75) is 35.9 Å². The van der Waals surface area contributed by atoms with Gasteiger partial charge in [-0.15, -0.1) is 11.8 Å². The minimum Gasteiger partial charge on any atom is -0.461 e. The Hall–Kier alpha value is -2.21. The third-order valence-corrected chi connectivity index (χ3v) is 6.15. The van der Waals surface area contributed by atoms with Gasteiger partial charge >= 0.3 is 11.9 Å². The SMILES string of the molecule is CC1C(=O)OC(O/C=C2\C(=O)OC3C=CCC23)C1Sc1ccccc1. The first-order valence-corrected chi connectivity index (χ1v) is 9.17. The van der Waals surface area contributed by atoms with Crippen LogP contribution in [0.3, 0.4) is 0 Å². The van der Waals surface area contributed by atoms with E-state index >= 15 is 0 Å². The molecular formula is C19H18O5S. The lowest BCUT2D eigenvalue weighted by atomic mass is 9.99. The Labute approximate surface area is 150 Å². The highest BCUT2D eigenvalue weighted by molar-refractivity contribution is 8.00. The molecule has 0 bridgehead atoms. The summed E-state index contributed by atoms with van der Waals surface area (Å²) in [6.07, 6.45) is 5.17. The summed E-state index contributed by atoms with van der Waals surface area (Å²) in [5, 5.41) is -0.179. The van der Waals surface area contributed by atoms with Gasteiger partial charge in [-0.2, -0.15) is 0 Å². The van der Waals surface area contributed by atoms with Gasteiger partial charge in [-0.1, -0.05) is 31.2 Å². The van der Waals surface area contributed by atoms with Gasteiger partial charge < -0.3 is 14.2 Å². The molecule has 2 aliphatic heterocycles. The van der Waals surface area contributed by atoms with E-state index in [4.69, 9.17) is 14.2 Å². The van der Waals surface area contributed by atoms with Gasteiger partial charge in [-0.3, -0.25) is 4.79 Å². The number of hydrogen-bond donors (Lipinski definition) is 0. The molecule has 0 spiro atoms. The minimum absolute atomic E-state index is 0.00209. The van der Waals surface area contributed by atoms with Gasteiger partial charge in [0.25, 0.3) is 6.29 Å². The zero-order chi connectivity index (χ0) is 17.4. The van der Waals surface area contributed by atoms with Gasteiger partial charge in [0.1, 0.15) is 6.10 Å². The Balaban J connectivity index is 1.49. The topological polar surface area (TPSA) is 61.8 Å². The Bertz CT molecular complexity index is 741. The largest absolute Gasteiger partial charge is 0.461 e. The lowest BCUT2D eigenvalue weighted by molar-refractivity contribution is -0.156. The molecule has 25 heavy (non-hydrogen) atoms. The molecule has 2 heterocycles. The average Bonchev–Trinajstić information content (AvgIpc) is 3.24. The molecule has 2 saturated heterocycles. The molecule has 5 atom stereocenters. The van der Waals surface area contributed by atoms with E-state index in [1.807, 2.05) is 49.4 Å². The molecule has 1 aromatic carbocycles. The van der Waals surface area contributed by atoms with Gasteiger partial charge in [0.2, 0.25) is 0 Å². The number of carbonyl (C=O) groups excluding carboxylic acids is 2. The molecule has 5 nitrogen and oxygen atoms in total. The lowest BCUT2D eigenvalue weighted by Crippen LogP contribution is -2.24. The number of ether oxygens (including phenoxy) is 3. The average molecular weight is 358 g/mol. The number of allylic oxidation sites excluding steroid dienone is 1. The summed E-state index contributed by atoms with van der Waals surface area (Å²) in [4.78, 5) is 25.0. The van der Waals surface area contributed by atoms with Gasteiger partial charge in [-0.05, 0) is 24.6 Å². The second kappa shape index (κ2) is 6.59. The first-order valence-electron chi connectivity index (χ1n) is 8.29. The van der Waals surface area contributed by atoms with E-state index in [1.54, 1.807) is 11.8 Å². The van der Waals surface area contributed by atoms with Crippen molar-refractivity contribution < 1.29 is 23.8 Å². The monoisotopic (exact) mass is 358 g/mol. The van der Waals surface area contributed by atoms with Crippen molar-refractivity contribution in [3.8, 4) is 0 Å². The number of carbonyl (C=O) groups is 2. The normalized spacial score (nSPS) is 34.9. The molecule has 0 N–H and O–H groups in total. The van der Waals surface area contributed by atoms with E-state index in [-0.39, 0.29) is 35.1 Å². The van der Waals surface area contributed by atoms with Crippen LogP contribution in [0.4, 0.5) is 0 Å². The third kappa shape index (κ3) is 3.06. The molecule has 3 aliphatic rings. The van der Waals surface area contributed by atoms with Crippen LogP contribution in [-0.2, 0) is 23.8 Å². The molecule has 0 amide bonds. The molecule has 1 aliphatic carbocycles. The summed E-state index contributed by atoms with van der Waals surface area (Å²) in [6.45, 7) is 1.83. The van der Waals surface area contributed by atoms with Gasteiger partial charge in [-0.25, -0.2) is 4.79 Å². The van der Waals surface area contributed by atoms with Crippen molar-refractivity contribution >= 4 is 23.7 Å². The van der Waals surface area contributed by atoms with Gasteiger partial charge in [0.15, 0.2) is 0 Å².